The molecule has 1 aromatic rings. The standard InChI is InChI=1S/C12H17N5O3/c1-2-3-7-4-9(7)15-12(18)8-5-11(17(19)20)14-6-10(8)16-13/h5-7,9,16H,2-4,13H2,1H3,(H,15,18). The summed E-state index contributed by atoms with van der Waals surface area (Å²) in [6.45, 7) is 2.10. The van der Waals surface area contributed by atoms with Gasteiger partial charge in [-0.05, 0) is 28.7 Å². The molecule has 1 aliphatic rings. The van der Waals surface area contributed by atoms with E-state index in [2.05, 4.69) is 22.7 Å². The highest BCUT2D eigenvalue weighted by Crippen LogP contribution is 2.35. The second kappa shape index (κ2) is 5.83. The molecule has 1 aliphatic carbocycles. The minimum absolute atomic E-state index is 0.136. The van der Waals surface area contributed by atoms with Gasteiger partial charge in [-0.15, -0.1) is 0 Å². The summed E-state index contributed by atoms with van der Waals surface area (Å²) in [5, 5.41) is 13.6. The number of hydrogen-bond donors (Lipinski definition) is 3. The molecular weight excluding hydrogens is 262 g/mol. The molecule has 108 valence electrons. The van der Waals surface area contributed by atoms with Crippen molar-refractivity contribution in [3.63, 3.8) is 0 Å². The molecule has 8 nitrogen and oxygen atoms in total. The zero-order valence-electron chi connectivity index (χ0n) is 11.1. The van der Waals surface area contributed by atoms with Crippen LogP contribution in [-0.4, -0.2) is 21.9 Å². The van der Waals surface area contributed by atoms with Gasteiger partial charge in [0.1, 0.15) is 5.69 Å². The number of carbonyl (C=O) groups is 1. The Hall–Kier alpha value is -2.22. The van der Waals surface area contributed by atoms with Gasteiger partial charge in [-0.3, -0.25) is 10.6 Å². The minimum atomic E-state index is -0.645. The number of amides is 1. The maximum absolute atomic E-state index is 12.1. The maximum atomic E-state index is 12.1. The minimum Gasteiger partial charge on any atom is -0.358 e. The molecule has 0 spiro atoms. The van der Waals surface area contributed by atoms with Gasteiger partial charge in [0, 0.05) is 6.04 Å². The number of rotatable bonds is 6. The first-order chi connectivity index (χ1) is 9.56. The molecule has 1 saturated carbocycles. The second-order valence-corrected chi connectivity index (χ2v) is 4.85. The van der Waals surface area contributed by atoms with Crippen LogP contribution in [0.25, 0.3) is 0 Å². The van der Waals surface area contributed by atoms with Crippen LogP contribution in [0.1, 0.15) is 36.5 Å². The van der Waals surface area contributed by atoms with Gasteiger partial charge >= 0.3 is 5.82 Å². The summed E-state index contributed by atoms with van der Waals surface area (Å²) < 4.78 is 0. The highest BCUT2D eigenvalue weighted by atomic mass is 16.6. The topological polar surface area (TPSA) is 123 Å². The summed E-state index contributed by atoms with van der Waals surface area (Å²) in [7, 11) is 0. The van der Waals surface area contributed by atoms with Gasteiger partial charge in [-0.25, -0.2) is 0 Å². The third-order valence-corrected chi connectivity index (χ3v) is 3.38. The molecule has 2 atom stereocenters. The fourth-order valence-electron chi connectivity index (χ4n) is 2.21. The fraction of sp³-hybridized carbons (Fsp3) is 0.500. The van der Waals surface area contributed by atoms with Crippen molar-refractivity contribution >= 4 is 17.4 Å². The van der Waals surface area contributed by atoms with Gasteiger partial charge < -0.3 is 20.9 Å². The van der Waals surface area contributed by atoms with Gasteiger partial charge in [0.2, 0.25) is 0 Å². The molecule has 0 aromatic carbocycles. The molecule has 0 bridgehead atoms. The van der Waals surface area contributed by atoms with E-state index in [1.807, 2.05) is 0 Å². The average Bonchev–Trinajstić information content (AvgIpc) is 3.16. The molecule has 1 amide bonds. The van der Waals surface area contributed by atoms with Crippen molar-refractivity contribution in [2.75, 3.05) is 5.43 Å². The van der Waals surface area contributed by atoms with Gasteiger partial charge in [-0.2, -0.15) is 0 Å². The fourth-order valence-corrected chi connectivity index (χ4v) is 2.21. The lowest BCUT2D eigenvalue weighted by atomic mass is 10.2. The summed E-state index contributed by atoms with van der Waals surface area (Å²) in [5.41, 5.74) is 2.73. The van der Waals surface area contributed by atoms with Gasteiger partial charge in [0.05, 0.1) is 11.6 Å². The number of anilines is 1. The summed E-state index contributed by atoms with van der Waals surface area (Å²) in [5.74, 6) is 5.06. The first-order valence-electron chi connectivity index (χ1n) is 6.48. The molecule has 2 unspecified atom stereocenters. The third-order valence-electron chi connectivity index (χ3n) is 3.38. The molecule has 0 aliphatic heterocycles. The van der Waals surface area contributed by atoms with E-state index in [0.29, 0.717) is 5.92 Å². The summed E-state index contributed by atoms with van der Waals surface area (Å²) in [6.07, 6.45) is 4.29. The van der Waals surface area contributed by atoms with E-state index in [9.17, 15) is 14.9 Å². The maximum Gasteiger partial charge on any atom is 0.364 e. The molecule has 4 N–H and O–H groups in total. The van der Waals surface area contributed by atoms with E-state index >= 15 is 0 Å². The number of pyridine rings is 1. The Labute approximate surface area is 115 Å². The van der Waals surface area contributed by atoms with Crippen LogP contribution in [0.5, 0.6) is 0 Å². The lowest BCUT2D eigenvalue weighted by Crippen LogP contribution is -2.28. The van der Waals surface area contributed by atoms with E-state index in [4.69, 9.17) is 5.84 Å². The molecule has 20 heavy (non-hydrogen) atoms. The first-order valence-corrected chi connectivity index (χ1v) is 6.48. The van der Waals surface area contributed by atoms with Gasteiger partial charge in [-0.1, -0.05) is 13.3 Å². The predicted molar refractivity (Wildman–Crippen MR) is 73.0 cm³/mol. The largest absolute Gasteiger partial charge is 0.364 e. The smallest absolute Gasteiger partial charge is 0.358 e. The van der Waals surface area contributed by atoms with Crippen molar-refractivity contribution < 1.29 is 9.72 Å². The number of hydrazine groups is 1. The summed E-state index contributed by atoms with van der Waals surface area (Å²) in [6, 6.07) is 1.28. The lowest BCUT2D eigenvalue weighted by Gasteiger charge is -2.08. The Kier molecular flexibility index (Phi) is 4.14. The van der Waals surface area contributed by atoms with Crippen molar-refractivity contribution in [2.45, 2.75) is 32.2 Å². The molecule has 0 radical (unpaired) electrons. The predicted octanol–water partition coefficient (Wildman–Crippen LogP) is 1.19. The van der Waals surface area contributed by atoms with Crippen LogP contribution < -0.4 is 16.6 Å². The van der Waals surface area contributed by atoms with Gasteiger partial charge in [0.25, 0.3) is 5.91 Å². The number of nitrogens with two attached hydrogens (primary N) is 1. The van der Waals surface area contributed by atoms with Crippen LogP contribution in [0.2, 0.25) is 0 Å². The molecule has 2 rings (SSSR count). The highest BCUT2D eigenvalue weighted by Gasteiger charge is 2.37. The lowest BCUT2D eigenvalue weighted by molar-refractivity contribution is -0.389. The Morgan fingerprint density at radius 3 is 3.00 bits per heavy atom. The number of hydrogen-bond acceptors (Lipinski definition) is 6. The van der Waals surface area contributed by atoms with Crippen LogP contribution in [0.3, 0.4) is 0 Å². The summed E-state index contributed by atoms with van der Waals surface area (Å²) >= 11 is 0. The summed E-state index contributed by atoms with van der Waals surface area (Å²) in [4.78, 5) is 25.8. The quantitative estimate of drug-likeness (QED) is 0.408. The van der Waals surface area contributed by atoms with E-state index in [-0.39, 0.29) is 29.0 Å². The molecule has 8 heteroatoms. The number of nitrogens with zero attached hydrogens (tertiary/aromatic N) is 2. The average molecular weight is 279 g/mol. The van der Waals surface area contributed by atoms with Gasteiger partial charge in [0.15, 0.2) is 6.20 Å². The molecule has 1 aromatic heterocycles. The van der Waals surface area contributed by atoms with Crippen molar-refractivity contribution in [1.29, 1.82) is 0 Å². The molecule has 1 heterocycles. The van der Waals surface area contributed by atoms with E-state index < -0.39 is 4.92 Å². The van der Waals surface area contributed by atoms with Crippen LogP contribution >= 0.6 is 0 Å². The second-order valence-electron chi connectivity index (χ2n) is 4.85. The van der Waals surface area contributed by atoms with Crippen LogP contribution in [0, 0.1) is 16.0 Å². The van der Waals surface area contributed by atoms with Crippen molar-refractivity contribution in [3.05, 3.63) is 27.9 Å². The SMILES string of the molecule is CCCC1CC1NC(=O)c1cc([N+](=O)[O-])ncc1NN. The van der Waals surface area contributed by atoms with Crippen molar-refractivity contribution in [1.82, 2.24) is 10.3 Å². The van der Waals surface area contributed by atoms with Crippen molar-refractivity contribution in [2.24, 2.45) is 11.8 Å². The Morgan fingerprint density at radius 2 is 2.40 bits per heavy atom. The highest BCUT2D eigenvalue weighted by molar-refractivity contribution is 6.00. The Morgan fingerprint density at radius 1 is 1.65 bits per heavy atom. The van der Waals surface area contributed by atoms with Crippen molar-refractivity contribution in [3.8, 4) is 0 Å². The first kappa shape index (κ1) is 14.2. The normalized spacial score (nSPS) is 20.3. The zero-order valence-corrected chi connectivity index (χ0v) is 11.1. The van der Waals surface area contributed by atoms with E-state index in [1.165, 1.54) is 6.20 Å². The Balaban J connectivity index is 2.12. The monoisotopic (exact) mass is 279 g/mol. The van der Waals surface area contributed by atoms with E-state index in [1.54, 1.807) is 0 Å². The molecule has 1 fully saturated rings. The number of nitrogens with one attached hydrogen (secondary N) is 2. The van der Waals surface area contributed by atoms with Crippen LogP contribution in [-0.2, 0) is 0 Å². The third kappa shape index (κ3) is 3.02. The molecular formula is C12H17N5O3. The zero-order chi connectivity index (χ0) is 14.7. The van der Waals surface area contributed by atoms with Crippen LogP contribution in [0.4, 0.5) is 11.5 Å². The Bertz CT molecular complexity index is 534. The number of nitro groups is 1. The number of nitrogen functional groups attached to an aromatic ring is 1. The number of aromatic nitrogens is 1. The molecule has 0 saturated heterocycles. The van der Waals surface area contributed by atoms with E-state index in [0.717, 1.165) is 25.3 Å². The van der Waals surface area contributed by atoms with Crippen LogP contribution in [0.15, 0.2) is 12.3 Å². The number of carbonyl (C=O) groups excluding carboxylic acids is 1.